The lowest BCUT2D eigenvalue weighted by Crippen LogP contribution is -2.20. The normalized spacial score (nSPS) is 10.5. The second-order valence-corrected chi connectivity index (χ2v) is 4.73. The molecule has 19 heavy (non-hydrogen) atoms. The molecule has 0 aliphatic heterocycles. The summed E-state index contributed by atoms with van der Waals surface area (Å²) in [5.74, 6) is 0. The maximum absolute atomic E-state index is 8.91. The standard InChI is InChI=1S/C15H21N3O/c1-17-8-7-13(12-17)11-16-14-3-5-15(6-4-14)18(2)9-10-19/h3-8,12,16,19H,9-11H2,1-2H3. The van der Waals surface area contributed by atoms with Crippen molar-refractivity contribution in [3.05, 3.63) is 48.3 Å². The molecule has 2 aromatic rings. The van der Waals surface area contributed by atoms with Gasteiger partial charge in [-0.05, 0) is 35.9 Å². The summed E-state index contributed by atoms with van der Waals surface area (Å²) in [7, 11) is 4.00. The van der Waals surface area contributed by atoms with Crippen LogP contribution in [0.5, 0.6) is 0 Å². The van der Waals surface area contributed by atoms with Crippen LogP contribution in [0.15, 0.2) is 42.7 Å². The number of benzene rings is 1. The largest absolute Gasteiger partial charge is 0.395 e. The van der Waals surface area contributed by atoms with Gasteiger partial charge >= 0.3 is 0 Å². The molecule has 0 saturated carbocycles. The lowest BCUT2D eigenvalue weighted by molar-refractivity contribution is 0.304. The Kier molecular flexibility index (Phi) is 4.47. The van der Waals surface area contributed by atoms with E-state index in [4.69, 9.17) is 5.11 Å². The highest BCUT2D eigenvalue weighted by Gasteiger charge is 2.00. The molecule has 4 nitrogen and oxygen atoms in total. The van der Waals surface area contributed by atoms with Gasteiger partial charge in [0.2, 0.25) is 0 Å². The Hall–Kier alpha value is -1.94. The van der Waals surface area contributed by atoms with Crippen LogP contribution in [0, 0.1) is 0 Å². The van der Waals surface area contributed by atoms with E-state index >= 15 is 0 Å². The fourth-order valence-corrected chi connectivity index (χ4v) is 1.98. The molecule has 0 unspecified atom stereocenters. The first-order valence-corrected chi connectivity index (χ1v) is 6.46. The number of rotatable bonds is 6. The van der Waals surface area contributed by atoms with Crippen LogP contribution in [0.4, 0.5) is 11.4 Å². The predicted octanol–water partition coefficient (Wildman–Crippen LogP) is 2.07. The second kappa shape index (κ2) is 6.29. The summed E-state index contributed by atoms with van der Waals surface area (Å²) in [5, 5.41) is 12.3. The lowest BCUT2D eigenvalue weighted by Gasteiger charge is -2.18. The zero-order chi connectivity index (χ0) is 13.7. The van der Waals surface area contributed by atoms with Gasteiger partial charge in [-0.25, -0.2) is 0 Å². The van der Waals surface area contributed by atoms with Gasteiger partial charge in [0.1, 0.15) is 0 Å². The molecule has 0 fully saturated rings. The van der Waals surface area contributed by atoms with E-state index in [1.807, 2.05) is 29.8 Å². The number of aliphatic hydroxyl groups is 1. The third-order valence-electron chi connectivity index (χ3n) is 3.13. The van der Waals surface area contributed by atoms with E-state index in [0.29, 0.717) is 6.54 Å². The number of nitrogens with one attached hydrogen (secondary N) is 1. The van der Waals surface area contributed by atoms with Crippen molar-refractivity contribution in [2.75, 3.05) is 30.4 Å². The first-order chi connectivity index (χ1) is 9.19. The summed E-state index contributed by atoms with van der Waals surface area (Å²) in [5.41, 5.74) is 3.48. The molecule has 4 heteroatoms. The fourth-order valence-electron chi connectivity index (χ4n) is 1.98. The summed E-state index contributed by atoms with van der Waals surface area (Å²) >= 11 is 0. The van der Waals surface area contributed by atoms with E-state index in [9.17, 15) is 0 Å². The molecule has 0 amide bonds. The number of hydrogen-bond donors (Lipinski definition) is 2. The Morgan fingerprint density at radius 2 is 1.95 bits per heavy atom. The van der Waals surface area contributed by atoms with Crippen LogP contribution in [0.3, 0.4) is 0 Å². The Morgan fingerprint density at radius 3 is 2.53 bits per heavy atom. The average Bonchev–Trinajstić information content (AvgIpc) is 2.83. The molecule has 0 saturated heterocycles. The van der Waals surface area contributed by atoms with Gasteiger partial charge < -0.3 is 19.9 Å². The molecule has 102 valence electrons. The predicted molar refractivity (Wildman–Crippen MR) is 79.5 cm³/mol. The maximum Gasteiger partial charge on any atom is 0.0606 e. The van der Waals surface area contributed by atoms with Crippen LogP contribution in [0.2, 0.25) is 0 Å². The molecule has 2 N–H and O–H groups in total. The summed E-state index contributed by atoms with van der Waals surface area (Å²) in [6.07, 6.45) is 4.15. The van der Waals surface area contributed by atoms with Crippen molar-refractivity contribution < 1.29 is 5.11 Å². The van der Waals surface area contributed by atoms with E-state index in [1.54, 1.807) is 0 Å². The van der Waals surface area contributed by atoms with Gasteiger partial charge in [0, 0.05) is 51.0 Å². The molecule has 2 rings (SSSR count). The maximum atomic E-state index is 8.91. The summed E-state index contributed by atoms with van der Waals surface area (Å²) in [6, 6.07) is 10.3. The molecule has 0 atom stereocenters. The SMILES string of the molecule is CN(CCO)c1ccc(NCc2ccn(C)c2)cc1. The van der Waals surface area contributed by atoms with Crippen molar-refractivity contribution in [3.8, 4) is 0 Å². The highest BCUT2D eigenvalue weighted by molar-refractivity contribution is 5.54. The van der Waals surface area contributed by atoms with Crippen LogP contribution in [-0.2, 0) is 13.6 Å². The number of aryl methyl sites for hydroxylation is 1. The first-order valence-electron chi connectivity index (χ1n) is 6.46. The van der Waals surface area contributed by atoms with Gasteiger partial charge in [-0.15, -0.1) is 0 Å². The van der Waals surface area contributed by atoms with Gasteiger partial charge in [-0.1, -0.05) is 0 Å². The van der Waals surface area contributed by atoms with Crippen LogP contribution in [-0.4, -0.2) is 29.9 Å². The van der Waals surface area contributed by atoms with Crippen molar-refractivity contribution in [1.82, 2.24) is 4.57 Å². The molecule has 0 aliphatic carbocycles. The molecule has 1 aromatic carbocycles. The van der Waals surface area contributed by atoms with E-state index < -0.39 is 0 Å². The highest BCUT2D eigenvalue weighted by atomic mass is 16.3. The lowest BCUT2D eigenvalue weighted by atomic mass is 10.2. The number of nitrogens with zero attached hydrogens (tertiary/aromatic N) is 2. The summed E-state index contributed by atoms with van der Waals surface area (Å²) < 4.78 is 2.05. The Balaban J connectivity index is 1.91. The minimum Gasteiger partial charge on any atom is -0.395 e. The molecule has 0 aliphatic rings. The molecular weight excluding hydrogens is 238 g/mol. The molecular formula is C15H21N3O. The molecule has 0 bridgehead atoms. The second-order valence-electron chi connectivity index (χ2n) is 4.73. The van der Waals surface area contributed by atoms with Gasteiger partial charge in [0.25, 0.3) is 0 Å². The Labute approximate surface area is 114 Å². The van der Waals surface area contributed by atoms with Crippen molar-refractivity contribution in [3.63, 3.8) is 0 Å². The zero-order valence-corrected chi connectivity index (χ0v) is 11.5. The van der Waals surface area contributed by atoms with Gasteiger partial charge in [-0.2, -0.15) is 0 Å². The van der Waals surface area contributed by atoms with E-state index in [2.05, 4.69) is 41.8 Å². The Morgan fingerprint density at radius 1 is 1.21 bits per heavy atom. The highest BCUT2D eigenvalue weighted by Crippen LogP contribution is 2.17. The molecule has 0 radical (unpaired) electrons. The number of aliphatic hydroxyl groups excluding tert-OH is 1. The number of likely N-dealkylation sites (N-methyl/N-ethyl adjacent to an activating group) is 1. The van der Waals surface area contributed by atoms with Crippen molar-refractivity contribution >= 4 is 11.4 Å². The minimum absolute atomic E-state index is 0.171. The monoisotopic (exact) mass is 259 g/mol. The third-order valence-corrected chi connectivity index (χ3v) is 3.13. The number of anilines is 2. The van der Waals surface area contributed by atoms with Crippen molar-refractivity contribution in [1.29, 1.82) is 0 Å². The molecule has 1 aromatic heterocycles. The zero-order valence-electron chi connectivity index (χ0n) is 11.5. The van der Waals surface area contributed by atoms with Crippen LogP contribution in [0.25, 0.3) is 0 Å². The third kappa shape index (κ3) is 3.76. The molecule has 0 spiro atoms. The van der Waals surface area contributed by atoms with Crippen LogP contribution >= 0.6 is 0 Å². The number of hydrogen-bond acceptors (Lipinski definition) is 3. The van der Waals surface area contributed by atoms with Crippen LogP contribution < -0.4 is 10.2 Å². The quantitative estimate of drug-likeness (QED) is 0.834. The summed E-state index contributed by atoms with van der Waals surface area (Å²) in [6.45, 7) is 1.65. The van der Waals surface area contributed by atoms with Gasteiger partial charge in [-0.3, -0.25) is 0 Å². The Bertz CT molecular complexity index is 504. The van der Waals surface area contributed by atoms with Crippen molar-refractivity contribution in [2.45, 2.75) is 6.54 Å². The number of aromatic nitrogens is 1. The average molecular weight is 259 g/mol. The molecule has 1 heterocycles. The van der Waals surface area contributed by atoms with Gasteiger partial charge in [0.15, 0.2) is 0 Å². The smallest absolute Gasteiger partial charge is 0.0606 e. The minimum atomic E-state index is 0.171. The van der Waals surface area contributed by atoms with Gasteiger partial charge in [0.05, 0.1) is 6.61 Å². The van der Waals surface area contributed by atoms with E-state index in [-0.39, 0.29) is 6.61 Å². The van der Waals surface area contributed by atoms with E-state index in [1.165, 1.54) is 5.56 Å². The van der Waals surface area contributed by atoms with E-state index in [0.717, 1.165) is 17.9 Å². The summed E-state index contributed by atoms with van der Waals surface area (Å²) in [4.78, 5) is 2.03. The topological polar surface area (TPSA) is 40.4 Å². The van der Waals surface area contributed by atoms with Crippen LogP contribution in [0.1, 0.15) is 5.56 Å². The van der Waals surface area contributed by atoms with Crippen molar-refractivity contribution in [2.24, 2.45) is 7.05 Å². The fraction of sp³-hybridized carbons (Fsp3) is 0.333. The first kappa shape index (κ1) is 13.5.